The molecule has 0 N–H and O–H groups in total. The Balaban J connectivity index is 1.75. The van der Waals surface area contributed by atoms with Crippen molar-refractivity contribution in [1.82, 2.24) is 0 Å². The zero-order valence-electron chi connectivity index (χ0n) is 14.0. The Labute approximate surface area is 168 Å². The summed E-state index contributed by atoms with van der Waals surface area (Å²) in [6.07, 6.45) is 0. The van der Waals surface area contributed by atoms with E-state index in [0.717, 1.165) is 14.9 Å². The van der Waals surface area contributed by atoms with Crippen molar-refractivity contribution >= 4 is 39.3 Å². The fraction of sp³-hybridized carbons (Fsp3) is 0.0500. The molecule has 0 bridgehead atoms. The molecule has 0 saturated carbocycles. The number of nitrogens with zero attached hydrogens (tertiary/aromatic N) is 1. The topological polar surface area (TPSA) is 69.4 Å². The van der Waals surface area contributed by atoms with Crippen LogP contribution in [0.1, 0.15) is 15.9 Å². The first-order chi connectivity index (χ1) is 13.0. The van der Waals surface area contributed by atoms with Gasteiger partial charge in [-0.2, -0.15) is 0 Å². The molecule has 0 heterocycles. The molecule has 0 fully saturated rings. The minimum absolute atomic E-state index is 0.0976. The third-order valence-electron chi connectivity index (χ3n) is 3.65. The van der Waals surface area contributed by atoms with Gasteiger partial charge in [-0.1, -0.05) is 58.0 Å². The van der Waals surface area contributed by atoms with Crippen LogP contribution >= 0.6 is 27.7 Å². The molecule has 136 valence electrons. The first-order valence-electron chi connectivity index (χ1n) is 7.96. The van der Waals surface area contributed by atoms with Gasteiger partial charge in [0, 0.05) is 15.4 Å². The molecule has 3 rings (SSSR count). The van der Waals surface area contributed by atoms with E-state index in [0.29, 0.717) is 4.90 Å². The van der Waals surface area contributed by atoms with Gasteiger partial charge in [-0.25, -0.2) is 4.79 Å². The minimum atomic E-state index is -0.600. The van der Waals surface area contributed by atoms with Crippen LogP contribution in [0.2, 0.25) is 0 Å². The largest absolute Gasteiger partial charge is 0.457 e. The van der Waals surface area contributed by atoms with Crippen LogP contribution in [0.25, 0.3) is 0 Å². The number of ether oxygens (including phenoxy) is 1. The van der Waals surface area contributed by atoms with E-state index in [-0.39, 0.29) is 17.9 Å². The third-order valence-corrected chi connectivity index (χ3v) is 5.25. The maximum absolute atomic E-state index is 12.3. The summed E-state index contributed by atoms with van der Waals surface area (Å²) in [6, 6.07) is 21.1. The van der Waals surface area contributed by atoms with E-state index in [1.54, 1.807) is 12.1 Å². The van der Waals surface area contributed by atoms with Crippen LogP contribution in [0.15, 0.2) is 87.1 Å². The van der Waals surface area contributed by atoms with E-state index in [9.17, 15) is 14.9 Å². The number of hydrogen-bond acceptors (Lipinski definition) is 5. The first kappa shape index (κ1) is 19.1. The lowest BCUT2D eigenvalue weighted by molar-refractivity contribution is -0.387. The number of hydrogen-bond donors (Lipinski definition) is 0. The van der Waals surface area contributed by atoms with Crippen LogP contribution in [0.3, 0.4) is 0 Å². The van der Waals surface area contributed by atoms with Crippen molar-refractivity contribution in [2.75, 3.05) is 0 Å². The summed E-state index contributed by atoms with van der Waals surface area (Å²) in [4.78, 5) is 24.6. The Morgan fingerprint density at radius 3 is 2.41 bits per heavy atom. The Morgan fingerprint density at radius 1 is 1.04 bits per heavy atom. The van der Waals surface area contributed by atoms with Crippen LogP contribution in [-0.4, -0.2) is 10.9 Å². The zero-order valence-corrected chi connectivity index (χ0v) is 16.4. The second kappa shape index (κ2) is 8.83. The molecule has 0 aromatic heterocycles. The van der Waals surface area contributed by atoms with E-state index < -0.39 is 10.9 Å². The van der Waals surface area contributed by atoms with Gasteiger partial charge in [-0.3, -0.25) is 10.1 Å². The molecule has 5 nitrogen and oxygen atoms in total. The van der Waals surface area contributed by atoms with Gasteiger partial charge >= 0.3 is 5.97 Å². The summed E-state index contributed by atoms with van der Waals surface area (Å²) in [7, 11) is 0. The van der Waals surface area contributed by atoms with E-state index in [1.165, 1.54) is 17.8 Å². The minimum Gasteiger partial charge on any atom is -0.457 e. The van der Waals surface area contributed by atoms with E-state index >= 15 is 0 Å². The molecule has 3 aromatic carbocycles. The summed E-state index contributed by atoms with van der Waals surface area (Å²) in [5, 5.41) is 11.4. The average molecular weight is 444 g/mol. The van der Waals surface area contributed by atoms with E-state index in [2.05, 4.69) is 15.9 Å². The van der Waals surface area contributed by atoms with Crippen molar-refractivity contribution in [1.29, 1.82) is 0 Å². The molecule has 0 atom stereocenters. The van der Waals surface area contributed by atoms with Gasteiger partial charge in [-0.15, -0.1) is 0 Å². The molecule has 0 aliphatic heterocycles. The smallest absolute Gasteiger partial charge is 0.338 e. The molecule has 27 heavy (non-hydrogen) atoms. The molecular formula is C20H14BrNO4S. The van der Waals surface area contributed by atoms with Crippen LogP contribution in [0.5, 0.6) is 0 Å². The van der Waals surface area contributed by atoms with Crippen LogP contribution < -0.4 is 0 Å². The Kier molecular flexibility index (Phi) is 6.26. The van der Waals surface area contributed by atoms with Crippen molar-refractivity contribution in [3.05, 3.63) is 98.5 Å². The predicted molar refractivity (Wildman–Crippen MR) is 107 cm³/mol. The van der Waals surface area contributed by atoms with Crippen LogP contribution in [0, 0.1) is 10.1 Å². The average Bonchev–Trinajstić information content (AvgIpc) is 2.68. The fourth-order valence-electron chi connectivity index (χ4n) is 2.30. The summed E-state index contributed by atoms with van der Waals surface area (Å²) < 4.78 is 6.19. The van der Waals surface area contributed by atoms with Crippen molar-refractivity contribution < 1.29 is 14.5 Å². The number of esters is 1. The molecular weight excluding hydrogens is 430 g/mol. The predicted octanol–water partition coefficient (Wildman–Crippen LogP) is 5.87. The van der Waals surface area contributed by atoms with Gasteiger partial charge in [0.15, 0.2) is 0 Å². The maximum atomic E-state index is 12.3. The van der Waals surface area contributed by atoms with E-state index in [1.807, 2.05) is 54.6 Å². The number of carbonyl (C=O) groups is 1. The number of nitro groups is 1. The highest BCUT2D eigenvalue weighted by Crippen LogP contribution is 2.35. The van der Waals surface area contributed by atoms with Gasteiger partial charge in [0.2, 0.25) is 0 Å². The highest BCUT2D eigenvalue weighted by atomic mass is 79.9. The second-order valence-corrected chi connectivity index (χ2v) is 7.59. The molecule has 0 aliphatic carbocycles. The maximum Gasteiger partial charge on any atom is 0.338 e. The third kappa shape index (κ3) is 5.18. The highest BCUT2D eigenvalue weighted by molar-refractivity contribution is 9.10. The quantitative estimate of drug-likeness (QED) is 0.270. The van der Waals surface area contributed by atoms with Crippen molar-refractivity contribution in [3.8, 4) is 0 Å². The number of halogens is 1. The van der Waals surface area contributed by atoms with Gasteiger partial charge in [0.25, 0.3) is 5.69 Å². The summed E-state index contributed by atoms with van der Waals surface area (Å²) >= 11 is 4.62. The number of nitro benzene ring substituents is 1. The molecule has 0 aliphatic rings. The highest BCUT2D eigenvalue weighted by Gasteiger charge is 2.19. The lowest BCUT2D eigenvalue weighted by Gasteiger charge is -2.07. The standard InChI is InChI=1S/C20H14BrNO4S/c21-16-9-6-14(7-10-16)13-26-20(23)15-8-11-19(18(12-15)22(24)25)27-17-4-2-1-3-5-17/h1-12H,13H2. The molecule has 0 radical (unpaired) electrons. The van der Waals surface area contributed by atoms with Gasteiger partial charge in [0.1, 0.15) is 6.61 Å². The molecule has 7 heteroatoms. The zero-order chi connectivity index (χ0) is 19.2. The summed E-state index contributed by atoms with van der Waals surface area (Å²) in [5.74, 6) is -0.600. The Bertz CT molecular complexity index is 961. The van der Waals surface area contributed by atoms with Crippen LogP contribution in [-0.2, 0) is 11.3 Å². The van der Waals surface area contributed by atoms with Crippen molar-refractivity contribution in [3.63, 3.8) is 0 Å². The monoisotopic (exact) mass is 443 g/mol. The first-order valence-corrected chi connectivity index (χ1v) is 9.57. The van der Waals surface area contributed by atoms with Gasteiger partial charge < -0.3 is 4.74 Å². The van der Waals surface area contributed by atoms with Crippen LogP contribution in [0.4, 0.5) is 5.69 Å². The number of rotatable bonds is 6. The second-order valence-electron chi connectivity index (χ2n) is 5.56. The van der Waals surface area contributed by atoms with Gasteiger partial charge in [-0.05, 0) is 42.0 Å². The number of benzene rings is 3. The number of carbonyl (C=O) groups excluding carboxylic acids is 1. The molecule has 3 aromatic rings. The van der Waals surface area contributed by atoms with E-state index in [4.69, 9.17) is 4.74 Å². The summed E-state index contributed by atoms with van der Waals surface area (Å²) in [6.45, 7) is 0.0976. The molecule has 0 amide bonds. The lowest BCUT2D eigenvalue weighted by Crippen LogP contribution is -2.06. The van der Waals surface area contributed by atoms with Crippen molar-refractivity contribution in [2.24, 2.45) is 0 Å². The molecule has 0 unspecified atom stereocenters. The Hall–Kier alpha value is -2.64. The van der Waals surface area contributed by atoms with Gasteiger partial charge in [0.05, 0.1) is 15.4 Å². The normalized spacial score (nSPS) is 10.4. The SMILES string of the molecule is O=C(OCc1ccc(Br)cc1)c1ccc(Sc2ccccc2)c([N+](=O)[O-])c1. The fourth-order valence-corrected chi connectivity index (χ4v) is 3.49. The van der Waals surface area contributed by atoms with Crippen molar-refractivity contribution in [2.45, 2.75) is 16.4 Å². The molecule has 0 saturated heterocycles. The lowest BCUT2D eigenvalue weighted by atomic mass is 10.2. The summed E-state index contributed by atoms with van der Waals surface area (Å²) in [5.41, 5.74) is 0.857. The Morgan fingerprint density at radius 2 is 1.74 bits per heavy atom. The molecule has 0 spiro atoms.